The number of amides is 1. The third kappa shape index (κ3) is 5.38. The number of halogens is 2. The summed E-state index contributed by atoms with van der Waals surface area (Å²) in [5, 5.41) is 1.95. The summed E-state index contributed by atoms with van der Waals surface area (Å²) in [5.41, 5.74) is 2.73. The maximum absolute atomic E-state index is 13.4. The maximum atomic E-state index is 13.4. The number of aromatic nitrogens is 1. The van der Waals surface area contributed by atoms with Crippen molar-refractivity contribution in [3.63, 3.8) is 0 Å². The summed E-state index contributed by atoms with van der Waals surface area (Å²) in [6, 6.07) is 11.3. The summed E-state index contributed by atoms with van der Waals surface area (Å²) < 4.78 is 6.35. The number of morpholine rings is 1. The Balaban J connectivity index is 1.57. The molecular weight excluding hydrogens is 453 g/mol. The highest BCUT2D eigenvalue weighted by atomic mass is 35.5. The van der Waals surface area contributed by atoms with E-state index >= 15 is 0 Å². The molecule has 1 saturated heterocycles. The third-order valence-electron chi connectivity index (χ3n) is 5.48. The Labute approximate surface area is 196 Å². The topological polar surface area (TPSA) is 45.7 Å². The molecule has 1 aromatic heterocycles. The van der Waals surface area contributed by atoms with E-state index in [1.165, 1.54) is 11.3 Å². The standard InChI is InChI=1S/C23H25Cl2N3O2S/c1-16-7-8-19(25)22-21(16)26-23(31-22)28(10-4-9-27-11-13-30-14-12-27)20(29)15-17-5-2-3-6-18(17)24/h2-3,5-8H,4,9-15H2,1H3. The molecule has 164 valence electrons. The molecule has 0 unspecified atom stereocenters. The van der Waals surface area contributed by atoms with Gasteiger partial charge in [0.1, 0.15) is 0 Å². The first-order valence-corrected chi connectivity index (χ1v) is 12.0. The Bertz CT molecular complexity index is 1030. The molecule has 0 radical (unpaired) electrons. The van der Waals surface area contributed by atoms with E-state index in [2.05, 4.69) is 4.90 Å². The van der Waals surface area contributed by atoms with E-state index in [1.54, 1.807) is 4.90 Å². The Morgan fingerprint density at radius 2 is 1.94 bits per heavy atom. The van der Waals surface area contributed by atoms with Crippen LogP contribution in [0.15, 0.2) is 36.4 Å². The number of hydrogen-bond acceptors (Lipinski definition) is 5. The highest BCUT2D eigenvalue weighted by molar-refractivity contribution is 7.23. The molecule has 0 saturated carbocycles. The van der Waals surface area contributed by atoms with Crippen LogP contribution >= 0.6 is 34.5 Å². The van der Waals surface area contributed by atoms with E-state index < -0.39 is 0 Å². The van der Waals surface area contributed by atoms with Crippen LogP contribution in [0, 0.1) is 6.92 Å². The minimum absolute atomic E-state index is 0.0112. The number of aryl methyl sites for hydroxylation is 1. The predicted octanol–water partition coefficient (Wildman–Crippen LogP) is 5.21. The zero-order chi connectivity index (χ0) is 21.8. The van der Waals surface area contributed by atoms with Gasteiger partial charge in [0, 0.05) is 31.2 Å². The van der Waals surface area contributed by atoms with Crippen molar-refractivity contribution in [2.24, 2.45) is 0 Å². The van der Waals surface area contributed by atoms with Crippen LogP contribution in [-0.2, 0) is 16.0 Å². The number of carbonyl (C=O) groups excluding carboxylic acids is 1. The molecule has 2 aromatic carbocycles. The Morgan fingerprint density at radius 1 is 1.16 bits per heavy atom. The smallest absolute Gasteiger partial charge is 0.233 e. The molecule has 0 bridgehead atoms. The Hall–Kier alpha value is -1.70. The van der Waals surface area contributed by atoms with Crippen LogP contribution in [0.25, 0.3) is 10.2 Å². The van der Waals surface area contributed by atoms with Crippen molar-refractivity contribution in [3.8, 4) is 0 Å². The molecule has 5 nitrogen and oxygen atoms in total. The second-order valence-corrected chi connectivity index (χ2v) is 9.45. The summed E-state index contributed by atoms with van der Waals surface area (Å²) in [4.78, 5) is 22.3. The fourth-order valence-corrected chi connectivity index (χ4v) is 5.27. The van der Waals surface area contributed by atoms with Gasteiger partial charge in [-0.3, -0.25) is 14.6 Å². The minimum atomic E-state index is -0.0112. The van der Waals surface area contributed by atoms with Crippen LogP contribution in [0.5, 0.6) is 0 Å². The number of anilines is 1. The van der Waals surface area contributed by atoms with Gasteiger partial charge in [-0.05, 0) is 36.6 Å². The van der Waals surface area contributed by atoms with Crippen LogP contribution in [0.4, 0.5) is 5.13 Å². The monoisotopic (exact) mass is 477 g/mol. The normalized spacial score (nSPS) is 14.8. The second-order valence-electron chi connectivity index (χ2n) is 7.66. The number of nitrogens with zero attached hydrogens (tertiary/aromatic N) is 3. The van der Waals surface area contributed by atoms with E-state index in [0.29, 0.717) is 21.7 Å². The van der Waals surface area contributed by atoms with Crippen LogP contribution in [0.3, 0.4) is 0 Å². The number of ether oxygens (including phenoxy) is 1. The fraction of sp³-hybridized carbons (Fsp3) is 0.391. The Morgan fingerprint density at radius 3 is 2.68 bits per heavy atom. The van der Waals surface area contributed by atoms with Gasteiger partial charge in [-0.1, -0.05) is 58.8 Å². The number of thiazole rings is 1. The number of fused-ring (bicyclic) bond motifs is 1. The predicted molar refractivity (Wildman–Crippen MR) is 129 cm³/mol. The van der Waals surface area contributed by atoms with Crippen LogP contribution in [0.2, 0.25) is 10.0 Å². The fourth-order valence-electron chi connectivity index (χ4n) is 3.71. The van der Waals surface area contributed by atoms with Crippen LogP contribution < -0.4 is 4.90 Å². The molecule has 0 spiro atoms. The van der Waals surface area contributed by atoms with Crippen molar-refractivity contribution in [2.45, 2.75) is 19.8 Å². The lowest BCUT2D eigenvalue weighted by Crippen LogP contribution is -2.39. The van der Waals surface area contributed by atoms with E-state index in [-0.39, 0.29) is 12.3 Å². The summed E-state index contributed by atoms with van der Waals surface area (Å²) in [5.74, 6) is -0.0112. The quantitative estimate of drug-likeness (QED) is 0.468. The molecular formula is C23H25Cl2N3O2S. The number of hydrogen-bond donors (Lipinski definition) is 0. The number of benzene rings is 2. The largest absolute Gasteiger partial charge is 0.379 e. The van der Waals surface area contributed by atoms with Crippen LogP contribution in [-0.4, -0.2) is 55.2 Å². The van der Waals surface area contributed by atoms with E-state index in [4.69, 9.17) is 32.9 Å². The van der Waals surface area contributed by atoms with Crippen molar-refractivity contribution < 1.29 is 9.53 Å². The van der Waals surface area contributed by atoms with Gasteiger partial charge in [0.25, 0.3) is 0 Å². The molecule has 1 aliphatic rings. The van der Waals surface area contributed by atoms with Crippen molar-refractivity contribution >= 4 is 55.8 Å². The molecule has 8 heteroatoms. The molecule has 0 N–H and O–H groups in total. The van der Waals surface area contributed by atoms with Gasteiger partial charge in [0.15, 0.2) is 5.13 Å². The highest BCUT2D eigenvalue weighted by Crippen LogP contribution is 2.36. The van der Waals surface area contributed by atoms with Crippen LogP contribution in [0.1, 0.15) is 17.5 Å². The lowest BCUT2D eigenvalue weighted by molar-refractivity contribution is -0.118. The van der Waals surface area contributed by atoms with Gasteiger partial charge in [-0.2, -0.15) is 0 Å². The zero-order valence-electron chi connectivity index (χ0n) is 17.4. The van der Waals surface area contributed by atoms with Crippen molar-refractivity contribution in [1.82, 2.24) is 9.88 Å². The molecule has 1 aliphatic heterocycles. The summed E-state index contributed by atoms with van der Waals surface area (Å²) in [6.07, 6.45) is 1.09. The highest BCUT2D eigenvalue weighted by Gasteiger charge is 2.22. The van der Waals surface area contributed by atoms with Gasteiger partial charge >= 0.3 is 0 Å². The average Bonchev–Trinajstić information content (AvgIpc) is 3.22. The third-order valence-corrected chi connectivity index (χ3v) is 7.38. The van der Waals surface area contributed by atoms with Gasteiger partial charge in [0.2, 0.25) is 5.91 Å². The van der Waals surface area contributed by atoms with Gasteiger partial charge < -0.3 is 4.74 Å². The Kier molecular flexibility index (Phi) is 7.46. The summed E-state index contributed by atoms with van der Waals surface area (Å²) >= 11 is 14.2. The second kappa shape index (κ2) is 10.3. The first-order valence-electron chi connectivity index (χ1n) is 10.4. The summed E-state index contributed by atoms with van der Waals surface area (Å²) in [6.45, 7) is 6.93. The summed E-state index contributed by atoms with van der Waals surface area (Å²) in [7, 11) is 0. The minimum Gasteiger partial charge on any atom is -0.379 e. The van der Waals surface area contributed by atoms with E-state index in [1.807, 2.05) is 43.3 Å². The molecule has 1 fully saturated rings. The molecule has 0 aliphatic carbocycles. The maximum Gasteiger partial charge on any atom is 0.233 e. The zero-order valence-corrected chi connectivity index (χ0v) is 19.8. The van der Waals surface area contributed by atoms with Crippen molar-refractivity contribution in [3.05, 3.63) is 57.6 Å². The lowest BCUT2D eigenvalue weighted by Gasteiger charge is -2.27. The van der Waals surface area contributed by atoms with Crippen molar-refractivity contribution in [2.75, 3.05) is 44.3 Å². The molecule has 0 atom stereocenters. The first kappa shape index (κ1) is 22.5. The average molecular weight is 478 g/mol. The number of carbonyl (C=O) groups is 1. The molecule has 3 aromatic rings. The van der Waals surface area contributed by atoms with E-state index in [9.17, 15) is 4.79 Å². The molecule has 1 amide bonds. The molecule has 2 heterocycles. The molecule has 31 heavy (non-hydrogen) atoms. The number of rotatable bonds is 7. The van der Waals surface area contributed by atoms with Gasteiger partial charge in [0.05, 0.1) is 34.9 Å². The van der Waals surface area contributed by atoms with Gasteiger partial charge in [-0.15, -0.1) is 0 Å². The molecule has 4 rings (SSSR count). The SMILES string of the molecule is Cc1ccc(Cl)c2sc(N(CCCN3CCOCC3)C(=O)Cc3ccccc3Cl)nc12. The van der Waals surface area contributed by atoms with Crippen molar-refractivity contribution in [1.29, 1.82) is 0 Å². The first-order chi connectivity index (χ1) is 15.0. The van der Waals surface area contributed by atoms with E-state index in [0.717, 1.165) is 60.6 Å². The lowest BCUT2D eigenvalue weighted by atomic mass is 10.1. The van der Waals surface area contributed by atoms with Gasteiger partial charge in [-0.25, -0.2) is 4.98 Å².